The van der Waals surface area contributed by atoms with Crippen molar-refractivity contribution in [3.05, 3.63) is 12.2 Å². The second-order valence-electron chi connectivity index (χ2n) is 4.92. The molecule has 0 radical (unpaired) electrons. The van der Waals surface area contributed by atoms with Crippen molar-refractivity contribution in [1.29, 1.82) is 0 Å². The Hall–Kier alpha value is -1.32. The third-order valence-electron chi connectivity index (χ3n) is 2.70. The van der Waals surface area contributed by atoms with Gasteiger partial charge in [0.25, 0.3) is 0 Å². The van der Waals surface area contributed by atoms with Gasteiger partial charge in [-0.05, 0) is 25.2 Å². The van der Waals surface area contributed by atoms with Gasteiger partial charge in [-0.15, -0.1) is 0 Å². The van der Waals surface area contributed by atoms with Crippen molar-refractivity contribution < 1.29 is 14.3 Å². The molecular weight excluding hydrogens is 218 g/mol. The van der Waals surface area contributed by atoms with Crippen LogP contribution in [0.1, 0.15) is 39.5 Å². The molecule has 0 aromatic rings. The van der Waals surface area contributed by atoms with E-state index in [1.165, 1.54) is 0 Å². The summed E-state index contributed by atoms with van der Waals surface area (Å²) in [6.07, 6.45) is 2.74. The molecule has 96 valence electrons. The maximum absolute atomic E-state index is 11.5. The topological polar surface area (TPSA) is 55.4 Å². The molecule has 17 heavy (non-hydrogen) atoms. The molecule has 1 aliphatic rings. The zero-order valence-electron chi connectivity index (χ0n) is 10.6. The van der Waals surface area contributed by atoms with E-state index in [4.69, 9.17) is 4.74 Å². The van der Waals surface area contributed by atoms with Crippen molar-refractivity contribution in [3.8, 4) is 0 Å². The van der Waals surface area contributed by atoms with E-state index in [0.717, 1.165) is 24.8 Å². The monoisotopic (exact) mass is 239 g/mol. The van der Waals surface area contributed by atoms with Crippen LogP contribution < -0.4 is 5.32 Å². The summed E-state index contributed by atoms with van der Waals surface area (Å²) in [7, 11) is 0. The van der Waals surface area contributed by atoms with Gasteiger partial charge < -0.3 is 10.1 Å². The molecule has 0 bridgehead atoms. The van der Waals surface area contributed by atoms with Crippen LogP contribution in [0.2, 0.25) is 0 Å². The van der Waals surface area contributed by atoms with Crippen LogP contribution in [0, 0.1) is 5.92 Å². The summed E-state index contributed by atoms with van der Waals surface area (Å²) in [5.41, 5.74) is 1.05. The fraction of sp³-hybridized carbons (Fsp3) is 0.692. The van der Waals surface area contributed by atoms with Crippen molar-refractivity contribution in [1.82, 2.24) is 5.32 Å². The third kappa shape index (κ3) is 5.02. The number of hydrogen-bond donors (Lipinski definition) is 1. The maximum Gasteiger partial charge on any atom is 0.315 e. The highest BCUT2D eigenvalue weighted by atomic mass is 16.5. The van der Waals surface area contributed by atoms with Gasteiger partial charge in [0.1, 0.15) is 6.42 Å². The molecule has 0 spiro atoms. The summed E-state index contributed by atoms with van der Waals surface area (Å²) in [4.78, 5) is 22.9. The lowest BCUT2D eigenvalue weighted by Crippen LogP contribution is -2.35. The quantitative estimate of drug-likeness (QED) is 0.452. The average molecular weight is 239 g/mol. The van der Waals surface area contributed by atoms with E-state index in [1.54, 1.807) is 0 Å². The predicted molar refractivity (Wildman–Crippen MR) is 65.3 cm³/mol. The van der Waals surface area contributed by atoms with Crippen molar-refractivity contribution in [2.24, 2.45) is 5.92 Å². The number of rotatable bonds is 5. The van der Waals surface area contributed by atoms with E-state index in [1.807, 2.05) is 13.8 Å². The first-order chi connectivity index (χ1) is 7.99. The van der Waals surface area contributed by atoms with Gasteiger partial charge in [-0.3, -0.25) is 9.59 Å². The Kier molecular flexibility index (Phi) is 5.19. The molecule has 1 unspecified atom stereocenters. The summed E-state index contributed by atoms with van der Waals surface area (Å²) in [5.74, 6) is -0.441. The lowest BCUT2D eigenvalue weighted by Gasteiger charge is -2.13. The standard InChI is InChI=1S/C13H21NO3/c1-9(2)8-17-13(16)7-12(15)14-11-6-4-5-10(11)3/h9,11H,3-8H2,1-2H3,(H,14,15). The summed E-state index contributed by atoms with van der Waals surface area (Å²) in [6.45, 7) is 8.17. The molecule has 1 fully saturated rings. The van der Waals surface area contributed by atoms with Crippen LogP contribution >= 0.6 is 0 Å². The molecule has 1 amide bonds. The number of nitrogens with one attached hydrogen (secondary N) is 1. The molecule has 4 heteroatoms. The maximum atomic E-state index is 11.5. The first kappa shape index (κ1) is 13.7. The van der Waals surface area contributed by atoms with Crippen LogP contribution in [0.4, 0.5) is 0 Å². The Bertz CT molecular complexity index is 310. The second-order valence-corrected chi connectivity index (χ2v) is 4.92. The minimum absolute atomic E-state index is 0.0420. The van der Waals surface area contributed by atoms with Crippen molar-refractivity contribution >= 4 is 11.9 Å². The van der Waals surface area contributed by atoms with Gasteiger partial charge in [0, 0.05) is 6.04 Å². The van der Waals surface area contributed by atoms with Crippen LogP contribution in [0.5, 0.6) is 0 Å². The molecule has 0 aromatic heterocycles. The molecule has 0 saturated heterocycles. The predicted octanol–water partition coefficient (Wildman–Crippen LogP) is 1.80. The van der Waals surface area contributed by atoms with Crippen LogP contribution in [0.15, 0.2) is 12.2 Å². The summed E-state index contributed by atoms with van der Waals surface area (Å²) < 4.78 is 4.94. The number of carbonyl (C=O) groups is 2. The van der Waals surface area contributed by atoms with E-state index >= 15 is 0 Å². The zero-order chi connectivity index (χ0) is 12.8. The van der Waals surface area contributed by atoms with Crippen molar-refractivity contribution in [2.75, 3.05) is 6.61 Å². The van der Waals surface area contributed by atoms with Gasteiger partial charge in [0.2, 0.25) is 5.91 Å². The van der Waals surface area contributed by atoms with Crippen LogP contribution in [-0.2, 0) is 14.3 Å². The fourth-order valence-electron chi connectivity index (χ4n) is 1.77. The van der Waals surface area contributed by atoms with Gasteiger partial charge in [-0.25, -0.2) is 0 Å². The van der Waals surface area contributed by atoms with Crippen molar-refractivity contribution in [3.63, 3.8) is 0 Å². The molecular formula is C13H21NO3. The average Bonchev–Trinajstić information content (AvgIpc) is 2.61. The van der Waals surface area contributed by atoms with Gasteiger partial charge in [-0.2, -0.15) is 0 Å². The number of esters is 1. The first-order valence-electron chi connectivity index (χ1n) is 6.11. The Labute approximate surface area is 102 Å². The summed E-state index contributed by atoms with van der Waals surface area (Å²) in [6, 6.07) is 0.0420. The number of ether oxygens (including phenoxy) is 1. The fourth-order valence-corrected chi connectivity index (χ4v) is 1.77. The number of carbonyl (C=O) groups excluding carboxylic acids is 2. The number of amides is 1. The van der Waals surface area contributed by atoms with E-state index in [9.17, 15) is 9.59 Å². The highest BCUT2D eigenvalue weighted by Crippen LogP contribution is 2.22. The molecule has 1 atom stereocenters. The minimum atomic E-state index is -0.459. The van der Waals surface area contributed by atoms with Gasteiger partial charge in [0.05, 0.1) is 6.61 Å². The zero-order valence-corrected chi connectivity index (χ0v) is 10.6. The Balaban J connectivity index is 2.24. The molecule has 4 nitrogen and oxygen atoms in total. The number of hydrogen-bond acceptors (Lipinski definition) is 3. The Morgan fingerprint density at radius 1 is 1.53 bits per heavy atom. The Morgan fingerprint density at radius 3 is 2.76 bits per heavy atom. The third-order valence-corrected chi connectivity index (χ3v) is 2.70. The molecule has 1 rings (SSSR count). The van der Waals surface area contributed by atoms with E-state index in [0.29, 0.717) is 6.61 Å². The van der Waals surface area contributed by atoms with Crippen LogP contribution in [-0.4, -0.2) is 24.5 Å². The first-order valence-corrected chi connectivity index (χ1v) is 6.11. The lowest BCUT2D eigenvalue weighted by molar-refractivity contribution is -0.147. The molecule has 1 N–H and O–H groups in total. The van der Waals surface area contributed by atoms with E-state index < -0.39 is 5.97 Å². The smallest absolute Gasteiger partial charge is 0.315 e. The summed E-state index contributed by atoms with van der Waals surface area (Å²) in [5, 5.41) is 2.81. The van der Waals surface area contributed by atoms with E-state index in [-0.39, 0.29) is 24.3 Å². The lowest BCUT2D eigenvalue weighted by atomic mass is 10.2. The highest BCUT2D eigenvalue weighted by molar-refractivity contribution is 5.94. The SMILES string of the molecule is C=C1CCCC1NC(=O)CC(=O)OCC(C)C. The molecule has 1 saturated carbocycles. The van der Waals surface area contributed by atoms with Crippen LogP contribution in [0.25, 0.3) is 0 Å². The minimum Gasteiger partial charge on any atom is -0.465 e. The summed E-state index contributed by atoms with van der Waals surface area (Å²) >= 11 is 0. The molecule has 0 heterocycles. The van der Waals surface area contributed by atoms with Gasteiger partial charge in [-0.1, -0.05) is 26.0 Å². The molecule has 0 aliphatic heterocycles. The van der Waals surface area contributed by atoms with Gasteiger partial charge >= 0.3 is 5.97 Å². The van der Waals surface area contributed by atoms with E-state index in [2.05, 4.69) is 11.9 Å². The van der Waals surface area contributed by atoms with Crippen molar-refractivity contribution in [2.45, 2.75) is 45.6 Å². The van der Waals surface area contributed by atoms with Crippen LogP contribution in [0.3, 0.4) is 0 Å². The second kappa shape index (κ2) is 6.42. The largest absolute Gasteiger partial charge is 0.465 e. The molecule has 0 aromatic carbocycles. The molecule has 1 aliphatic carbocycles. The highest BCUT2D eigenvalue weighted by Gasteiger charge is 2.22. The normalized spacial score (nSPS) is 19.5. The Morgan fingerprint density at radius 2 is 2.24 bits per heavy atom. The van der Waals surface area contributed by atoms with Gasteiger partial charge in [0.15, 0.2) is 0 Å².